The van der Waals surface area contributed by atoms with Gasteiger partial charge in [0.15, 0.2) is 11.6 Å². The lowest BCUT2D eigenvalue weighted by Crippen LogP contribution is -2.36. The number of aromatic nitrogens is 1. The quantitative estimate of drug-likeness (QED) is 0.601. The van der Waals surface area contributed by atoms with Crippen LogP contribution in [-0.4, -0.2) is 23.1 Å². The number of nitrogens with two attached hydrogens (primary N) is 1. The highest BCUT2D eigenvalue weighted by atomic mass is 19.4. The summed E-state index contributed by atoms with van der Waals surface area (Å²) in [5.41, 5.74) is 5.09. The first kappa shape index (κ1) is 20.4. The van der Waals surface area contributed by atoms with Gasteiger partial charge in [0.1, 0.15) is 0 Å². The van der Waals surface area contributed by atoms with Gasteiger partial charge in [-0.1, -0.05) is 0 Å². The molecule has 0 aliphatic carbocycles. The second kappa shape index (κ2) is 7.98. The fourth-order valence-electron chi connectivity index (χ4n) is 2.89. The van der Waals surface area contributed by atoms with Gasteiger partial charge in [-0.25, -0.2) is 8.78 Å². The number of nitrogens with one attached hydrogen (secondary N) is 1. The zero-order chi connectivity index (χ0) is 21.2. The van der Waals surface area contributed by atoms with Crippen LogP contribution in [0.25, 0.3) is 0 Å². The minimum atomic E-state index is -5.02. The van der Waals surface area contributed by atoms with Crippen molar-refractivity contribution in [1.82, 2.24) is 10.3 Å². The van der Waals surface area contributed by atoms with E-state index in [1.54, 1.807) is 6.07 Å². The Bertz CT molecular complexity index is 1010. The Balaban J connectivity index is 1.91. The Hall–Kier alpha value is -3.30. The third-order valence-electron chi connectivity index (χ3n) is 4.21. The molecule has 0 atom stereocenters. The lowest BCUT2D eigenvalue weighted by Gasteiger charge is -2.17. The van der Waals surface area contributed by atoms with E-state index < -0.39 is 23.4 Å². The number of rotatable bonds is 3. The molecule has 2 aromatic rings. The summed E-state index contributed by atoms with van der Waals surface area (Å²) in [5.74, 6) is -3.88. The van der Waals surface area contributed by atoms with Gasteiger partial charge in [0.25, 0.3) is 5.91 Å². The summed E-state index contributed by atoms with van der Waals surface area (Å²) in [6.45, 7) is 0.391. The van der Waals surface area contributed by atoms with Gasteiger partial charge in [-0.15, -0.1) is 0 Å². The van der Waals surface area contributed by atoms with Crippen LogP contribution in [0.4, 0.5) is 27.6 Å². The molecule has 5 nitrogen and oxygen atoms in total. The van der Waals surface area contributed by atoms with E-state index in [9.17, 15) is 26.7 Å². The van der Waals surface area contributed by atoms with E-state index in [1.165, 1.54) is 12.3 Å². The number of pyridine rings is 1. The van der Waals surface area contributed by atoms with Gasteiger partial charge >= 0.3 is 6.18 Å². The van der Waals surface area contributed by atoms with Crippen LogP contribution in [0.15, 0.2) is 47.2 Å². The Morgan fingerprint density at radius 1 is 1.24 bits per heavy atom. The highest BCUT2D eigenvalue weighted by Gasteiger charge is 2.35. The number of piperidine rings is 1. The van der Waals surface area contributed by atoms with Gasteiger partial charge in [-0.2, -0.15) is 13.2 Å². The number of benzene rings is 1. The molecule has 0 bridgehead atoms. The first-order valence-electron chi connectivity index (χ1n) is 8.47. The van der Waals surface area contributed by atoms with Crippen LogP contribution >= 0.6 is 0 Å². The van der Waals surface area contributed by atoms with Crippen molar-refractivity contribution in [2.45, 2.75) is 19.0 Å². The minimum Gasteiger partial charge on any atom is -0.404 e. The van der Waals surface area contributed by atoms with Crippen LogP contribution in [0.1, 0.15) is 23.2 Å². The summed E-state index contributed by atoms with van der Waals surface area (Å²) in [4.78, 5) is 20.2. The number of halogens is 5. The monoisotopic (exact) mass is 410 g/mol. The second-order valence-electron chi connectivity index (χ2n) is 6.26. The van der Waals surface area contributed by atoms with Crippen molar-refractivity contribution in [2.24, 2.45) is 10.7 Å². The summed E-state index contributed by atoms with van der Waals surface area (Å²) in [5, 5.41) is 2.63. The average Bonchev–Trinajstić information content (AvgIpc) is 2.64. The predicted octanol–water partition coefficient (Wildman–Crippen LogP) is 3.40. The van der Waals surface area contributed by atoms with Gasteiger partial charge in [-0.05, 0) is 29.8 Å². The van der Waals surface area contributed by atoms with E-state index in [2.05, 4.69) is 15.3 Å². The highest BCUT2D eigenvalue weighted by molar-refractivity contribution is 6.23. The van der Waals surface area contributed by atoms with Gasteiger partial charge in [0, 0.05) is 37.5 Å². The van der Waals surface area contributed by atoms with E-state index in [0.717, 1.165) is 6.20 Å². The molecule has 1 aromatic heterocycles. The molecule has 1 saturated heterocycles. The lowest BCUT2D eigenvalue weighted by molar-refractivity contribution is -0.140. The lowest BCUT2D eigenvalue weighted by atomic mass is 10.0. The fraction of sp³-hybridized carbons (Fsp3) is 0.211. The Kier molecular flexibility index (Phi) is 5.62. The molecule has 1 aliphatic heterocycles. The molecule has 1 amide bonds. The molecule has 0 spiro atoms. The average molecular weight is 410 g/mol. The van der Waals surface area contributed by atoms with E-state index in [-0.39, 0.29) is 23.5 Å². The molecule has 10 heteroatoms. The summed E-state index contributed by atoms with van der Waals surface area (Å²) in [7, 11) is 0. The van der Waals surface area contributed by atoms with Crippen molar-refractivity contribution in [3.8, 4) is 0 Å². The van der Waals surface area contributed by atoms with Gasteiger partial charge in [0.2, 0.25) is 0 Å². The van der Waals surface area contributed by atoms with Gasteiger partial charge in [-0.3, -0.25) is 14.8 Å². The zero-order valence-corrected chi connectivity index (χ0v) is 14.9. The van der Waals surface area contributed by atoms with Crippen LogP contribution < -0.4 is 11.1 Å². The number of carbonyl (C=O) groups excluding carboxylic acids is 1. The first-order chi connectivity index (χ1) is 13.7. The Labute approximate surface area is 162 Å². The SMILES string of the molecule is N/C=C1/C(=O)NCCC1=Nc1ccnc(Cc2cc(F)c(F)c(C(F)(F)F)c2)c1. The number of nitrogens with zero attached hydrogens (tertiary/aromatic N) is 2. The number of hydrogen-bond acceptors (Lipinski definition) is 4. The molecule has 2 heterocycles. The second-order valence-corrected chi connectivity index (χ2v) is 6.26. The molecule has 152 valence electrons. The maximum atomic E-state index is 13.6. The van der Waals surface area contributed by atoms with Crippen LogP contribution in [0.3, 0.4) is 0 Å². The molecule has 0 saturated carbocycles. The molecule has 3 N–H and O–H groups in total. The third kappa shape index (κ3) is 4.58. The van der Waals surface area contributed by atoms with Crippen molar-refractivity contribution < 1.29 is 26.7 Å². The molecule has 0 unspecified atom stereocenters. The minimum absolute atomic E-state index is 0.0897. The number of aliphatic imine (C=N–C) groups is 1. The molecule has 1 fully saturated rings. The maximum absolute atomic E-state index is 13.6. The third-order valence-corrected chi connectivity index (χ3v) is 4.21. The molecule has 1 aromatic carbocycles. The topological polar surface area (TPSA) is 80.4 Å². The summed E-state index contributed by atoms with van der Waals surface area (Å²) in [6, 6.07) is 4.29. The van der Waals surface area contributed by atoms with Crippen molar-refractivity contribution in [3.05, 3.63) is 70.7 Å². The summed E-state index contributed by atoms with van der Waals surface area (Å²) < 4.78 is 65.7. The molecule has 3 rings (SSSR count). The number of hydrogen-bond donors (Lipinski definition) is 2. The summed E-state index contributed by atoms with van der Waals surface area (Å²) in [6.07, 6.45) is -2.21. The number of amides is 1. The Morgan fingerprint density at radius 2 is 2.00 bits per heavy atom. The van der Waals surface area contributed by atoms with E-state index >= 15 is 0 Å². The van der Waals surface area contributed by atoms with Crippen molar-refractivity contribution in [1.29, 1.82) is 0 Å². The zero-order valence-electron chi connectivity index (χ0n) is 14.9. The van der Waals surface area contributed by atoms with E-state index in [0.29, 0.717) is 42.2 Å². The van der Waals surface area contributed by atoms with E-state index in [4.69, 9.17) is 5.73 Å². The normalized spacial score (nSPS) is 17.6. The predicted molar refractivity (Wildman–Crippen MR) is 95.4 cm³/mol. The standard InChI is InChI=1S/C19H15F5N4O/c20-15-7-10(6-14(17(15)21)19(22,23)24)5-12-8-11(1-3-26-12)28-16-2-4-27-18(29)13(16)9-25/h1,3,6-9H,2,4-5,25H2,(H,27,29)/b13-9+,28-16?. The van der Waals surface area contributed by atoms with Crippen LogP contribution in [-0.2, 0) is 17.4 Å². The molecule has 1 aliphatic rings. The molecular formula is C19H15F5N4O. The van der Waals surface area contributed by atoms with Crippen LogP contribution in [0, 0.1) is 11.6 Å². The van der Waals surface area contributed by atoms with Crippen LogP contribution in [0.2, 0.25) is 0 Å². The first-order valence-corrected chi connectivity index (χ1v) is 8.47. The van der Waals surface area contributed by atoms with Crippen molar-refractivity contribution in [3.63, 3.8) is 0 Å². The van der Waals surface area contributed by atoms with Gasteiger partial charge < -0.3 is 11.1 Å². The molecular weight excluding hydrogens is 395 g/mol. The fourth-order valence-corrected chi connectivity index (χ4v) is 2.89. The Morgan fingerprint density at radius 3 is 2.69 bits per heavy atom. The number of alkyl halides is 3. The van der Waals surface area contributed by atoms with Crippen molar-refractivity contribution >= 4 is 17.3 Å². The largest absolute Gasteiger partial charge is 0.419 e. The molecule has 0 radical (unpaired) electrons. The summed E-state index contributed by atoms with van der Waals surface area (Å²) >= 11 is 0. The van der Waals surface area contributed by atoms with E-state index in [1.807, 2.05) is 0 Å². The van der Waals surface area contributed by atoms with Crippen molar-refractivity contribution in [2.75, 3.05) is 6.54 Å². The molecule has 29 heavy (non-hydrogen) atoms. The number of carbonyl (C=O) groups is 1. The smallest absolute Gasteiger partial charge is 0.404 e. The highest BCUT2D eigenvalue weighted by Crippen LogP contribution is 2.33. The maximum Gasteiger partial charge on any atom is 0.419 e. The van der Waals surface area contributed by atoms with Crippen LogP contribution in [0.5, 0.6) is 0 Å². The van der Waals surface area contributed by atoms with Gasteiger partial charge in [0.05, 0.1) is 22.5 Å².